The van der Waals surface area contributed by atoms with Crippen LogP contribution < -0.4 is 9.92 Å². The van der Waals surface area contributed by atoms with Crippen molar-refractivity contribution in [2.24, 2.45) is 0 Å². The van der Waals surface area contributed by atoms with Gasteiger partial charge in [-0.25, -0.2) is 4.21 Å². The van der Waals surface area contributed by atoms with Gasteiger partial charge in [0.2, 0.25) is 0 Å². The zero-order valence-corrected chi connectivity index (χ0v) is 19.8. The zero-order valence-electron chi connectivity index (χ0n) is 18.0. The van der Waals surface area contributed by atoms with Crippen LogP contribution in [-0.4, -0.2) is 26.5 Å². The number of benzene rings is 4. The predicted molar refractivity (Wildman–Crippen MR) is 130 cm³/mol. The standard InChI is InChI=1S/C25H26O3SSi/c1-27-22-14-10-18-16-19(30(3,4)5)12-13-21(18)24(22)25-20-9-7-6-8-17(20)11-15-23(25)29(26)28-2/h6-16H,1-5H3. The first-order chi connectivity index (χ1) is 14.3. The van der Waals surface area contributed by atoms with Gasteiger partial charge in [-0.15, -0.1) is 0 Å². The molecule has 0 amide bonds. The Kier molecular flexibility index (Phi) is 5.53. The quantitative estimate of drug-likeness (QED) is 0.368. The predicted octanol–water partition coefficient (Wildman–Crippen LogP) is 5.88. The molecule has 0 bridgehead atoms. The van der Waals surface area contributed by atoms with E-state index in [-0.39, 0.29) is 0 Å². The molecule has 1 unspecified atom stereocenters. The summed E-state index contributed by atoms with van der Waals surface area (Å²) in [7, 11) is 1.70. The third-order valence-corrected chi connectivity index (χ3v) is 8.58. The summed E-state index contributed by atoms with van der Waals surface area (Å²) >= 11 is -1.58. The lowest BCUT2D eigenvalue weighted by Crippen LogP contribution is -2.37. The summed E-state index contributed by atoms with van der Waals surface area (Å²) in [6.07, 6.45) is 0. The van der Waals surface area contributed by atoms with Crippen molar-refractivity contribution in [3.8, 4) is 16.9 Å². The Morgan fingerprint density at radius 3 is 2.17 bits per heavy atom. The smallest absolute Gasteiger partial charge is 0.189 e. The summed E-state index contributed by atoms with van der Waals surface area (Å²) in [6.45, 7) is 7.05. The monoisotopic (exact) mass is 434 g/mol. The second kappa shape index (κ2) is 7.98. The lowest BCUT2D eigenvalue weighted by molar-refractivity contribution is 0.417. The second-order valence-corrected chi connectivity index (χ2v) is 14.7. The molecular formula is C25H26O3SSi. The number of fused-ring (bicyclic) bond motifs is 2. The first-order valence-electron chi connectivity index (χ1n) is 9.94. The van der Waals surface area contributed by atoms with Crippen molar-refractivity contribution in [1.82, 2.24) is 0 Å². The molecule has 0 saturated heterocycles. The van der Waals surface area contributed by atoms with E-state index in [9.17, 15) is 4.21 Å². The second-order valence-electron chi connectivity index (χ2n) is 8.39. The number of ether oxygens (including phenoxy) is 1. The van der Waals surface area contributed by atoms with Gasteiger partial charge in [-0.05, 0) is 33.7 Å². The van der Waals surface area contributed by atoms with Crippen LogP contribution in [-0.2, 0) is 15.3 Å². The van der Waals surface area contributed by atoms with Crippen LogP contribution in [0.2, 0.25) is 19.6 Å². The number of methoxy groups -OCH3 is 1. The van der Waals surface area contributed by atoms with Crippen LogP contribution in [0.4, 0.5) is 0 Å². The molecule has 0 N–H and O–H groups in total. The highest BCUT2D eigenvalue weighted by Gasteiger charge is 2.22. The average Bonchev–Trinajstić information content (AvgIpc) is 2.76. The van der Waals surface area contributed by atoms with Gasteiger partial charge in [0.1, 0.15) is 5.75 Å². The molecular weight excluding hydrogens is 408 g/mol. The van der Waals surface area contributed by atoms with Gasteiger partial charge < -0.3 is 4.74 Å². The Bertz CT molecular complexity index is 1270. The van der Waals surface area contributed by atoms with Gasteiger partial charge in [-0.1, -0.05) is 79.4 Å². The fraction of sp³-hybridized carbons (Fsp3) is 0.200. The van der Waals surface area contributed by atoms with Crippen LogP contribution in [0.25, 0.3) is 32.7 Å². The molecule has 0 aliphatic carbocycles. The van der Waals surface area contributed by atoms with E-state index in [0.717, 1.165) is 38.4 Å². The van der Waals surface area contributed by atoms with Gasteiger partial charge >= 0.3 is 0 Å². The maximum Gasteiger partial charge on any atom is 0.189 e. The maximum absolute atomic E-state index is 12.8. The van der Waals surface area contributed by atoms with Gasteiger partial charge in [-0.2, -0.15) is 0 Å². The molecule has 4 rings (SSSR count). The SMILES string of the molecule is COc1ccc2cc([Si](C)(C)C)ccc2c1-c1c(S(=O)OC)ccc2ccccc12. The van der Waals surface area contributed by atoms with E-state index in [4.69, 9.17) is 8.92 Å². The Labute approximate surface area is 181 Å². The molecule has 0 aliphatic rings. The van der Waals surface area contributed by atoms with Crippen molar-refractivity contribution in [3.05, 3.63) is 66.7 Å². The lowest BCUT2D eigenvalue weighted by Gasteiger charge is -2.20. The van der Waals surface area contributed by atoms with E-state index in [1.807, 2.05) is 30.3 Å². The highest BCUT2D eigenvalue weighted by molar-refractivity contribution is 7.80. The van der Waals surface area contributed by atoms with E-state index in [2.05, 4.69) is 56.0 Å². The Morgan fingerprint density at radius 1 is 0.767 bits per heavy atom. The molecule has 0 saturated carbocycles. The highest BCUT2D eigenvalue weighted by Crippen LogP contribution is 2.43. The molecule has 0 aliphatic heterocycles. The Balaban J connectivity index is 2.15. The van der Waals surface area contributed by atoms with E-state index >= 15 is 0 Å². The van der Waals surface area contributed by atoms with E-state index in [1.165, 1.54) is 12.3 Å². The van der Waals surface area contributed by atoms with Gasteiger partial charge in [0, 0.05) is 11.1 Å². The molecule has 0 aromatic heterocycles. The number of hydrogen-bond acceptors (Lipinski definition) is 3. The minimum absolute atomic E-state index is 0.649. The van der Waals surface area contributed by atoms with Gasteiger partial charge in [0.05, 0.1) is 27.2 Å². The Hall–Kier alpha value is -2.47. The van der Waals surface area contributed by atoms with Gasteiger partial charge in [0.25, 0.3) is 0 Å². The van der Waals surface area contributed by atoms with Crippen LogP contribution in [0.15, 0.2) is 71.6 Å². The summed E-state index contributed by atoms with van der Waals surface area (Å²) in [4.78, 5) is 0.649. The molecule has 1 atom stereocenters. The van der Waals surface area contributed by atoms with E-state index in [0.29, 0.717) is 4.90 Å². The minimum atomic E-state index is -1.58. The molecule has 30 heavy (non-hydrogen) atoms. The van der Waals surface area contributed by atoms with Crippen molar-refractivity contribution in [2.75, 3.05) is 14.2 Å². The van der Waals surface area contributed by atoms with Crippen LogP contribution in [0.5, 0.6) is 5.75 Å². The summed E-state index contributed by atoms with van der Waals surface area (Å²) in [5, 5.41) is 5.77. The first kappa shape index (κ1) is 20.8. The maximum atomic E-state index is 12.8. The van der Waals surface area contributed by atoms with E-state index < -0.39 is 19.2 Å². The summed E-state index contributed by atoms with van der Waals surface area (Å²) in [6, 6.07) is 22.9. The van der Waals surface area contributed by atoms with Crippen molar-refractivity contribution in [3.63, 3.8) is 0 Å². The fourth-order valence-corrected chi connectivity index (χ4v) is 5.85. The van der Waals surface area contributed by atoms with Crippen LogP contribution in [0.1, 0.15) is 0 Å². The number of rotatable bonds is 5. The summed E-state index contributed by atoms with van der Waals surface area (Å²) in [5.74, 6) is 0.758. The summed E-state index contributed by atoms with van der Waals surface area (Å²) < 4.78 is 23.9. The highest BCUT2D eigenvalue weighted by atomic mass is 32.2. The van der Waals surface area contributed by atoms with Crippen molar-refractivity contribution < 1.29 is 13.1 Å². The third kappa shape index (κ3) is 3.58. The third-order valence-electron chi connectivity index (χ3n) is 5.54. The molecule has 4 aromatic rings. The van der Waals surface area contributed by atoms with Crippen LogP contribution in [0.3, 0.4) is 0 Å². The molecule has 0 spiro atoms. The van der Waals surface area contributed by atoms with Crippen molar-refractivity contribution >= 4 is 45.9 Å². The molecule has 5 heteroatoms. The summed E-state index contributed by atoms with van der Waals surface area (Å²) in [5.41, 5.74) is 1.85. The van der Waals surface area contributed by atoms with Crippen LogP contribution in [0, 0.1) is 0 Å². The largest absolute Gasteiger partial charge is 0.496 e. The zero-order chi connectivity index (χ0) is 21.5. The average molecular weight is 435 g/mol. The molecule has 0 heterocycles. The minimum Gasteiger partial charge on any atom is -0.496 e. The first-order valence-corrected chi connectivity index (χ1v) is 14.5. The van der Waals surface area contributed by atoms with Gasteiger partial charge in [0.15, 0.2) is 11.1 Å². The van der Waals surface area contributed by atoms with Crippen molar-refractivity contribution in [1.29, 1.82) is 0 Å². The normalized spacial score (nSPS) is 13.0. The molecule has 0 fully saturated rings. The molecule has 4 aromatic carbocycles. The molecule has 0 radical (unpaired) electrons. The lowest BCUT2D eigenvalue weighted by atomic mass is 9.93. The molecule has 154 valence electrons. The molecule has 3 nitrogen and oxygen atoms in total. The van der Waals surface area contributed by atoms with Gasteiger partial charge in [-0.3, -0.25) is 4.18 Å². The van der Waals surface area contributed by atoms with Crippen molar-refractivity contribution in [2.45, 2.75) is 24.5 Å². The fourth-order valence-electron chi connectivity index (χ4n) is 3.94. The number of hydrogen-bond donors (Lipinski definition) is 0. The Morgan fingerprint density at radius 2 is 1.47 bits per heavy atom. The topological polar surface area (TPSA) is 35.5 Å². The van der Waals surface area contributed by atoms with E-state index in [1.54, 1.807) is 7.11 Å². The van der Waals surface area contributed by atoms with Crippen LogP contribution >= 0.6 is 0 Å².